The molecule has 29 valence electrons. The zero-order valence-electron chi connectivity index (χ0n) is 3.65. The van der Waals surface area contributed by atoms with E-state index in [4.69, 9.17) is 5.11 Å². The largest absolute Gasteiger partial charge is 0.412 e. The maximum atomic E-state index is 7.57. The van der Waals surface area contributed by atoms with Crippen molar-refractivity contribution >= 4 is 29.6 Å². The average Bonchev–Trinajstić information content (AvgIpc) is 0.918. The second kappa shape index (κ2) is 20.5. The standard InChI is InChI=1S/C2H6O.Na.H2O/c1-2-3;;/h3H,2H2,1H3;;1H2. The summed E-state index contributed by atoms with van der Waals surface area (Å²) in [5.74, 6) is 0. The molecule has 3 N–H and O–H groups in total. The van der Waals surface area contributed by atoms with E-state index in [-0.39, 0.29) is 41.6 Å². The molecule has 0 aliphatic carbocycles. The number of aliphatic hydroxyl groups excluding tert-OH is 1. The molecule has 0 aromatic heterocycles. The Labute approximate surface area is 53.8 Å². The van der Waals surface area contributed by atoms with Crippen molar-refractivity contribution in [3.05, 3.63) is 0 Å². The summed E-state index contributed by atoms with van der Waals surface area (Å²) in [5, 5.41) is 7.57. The van der Waals surface area contributed by atoms with Gasteiger partial charge in [0, 0.05) is 36.2 Å². The Bertz CT molecular complexity index is 7.61. The predicted molar refractivity (Wildman–Crippen MR) is 22.1 cm³/mol. The van der Waals surface area contributed by atoms with Crippen molar-refractivity contribution in [1.82, 2.24) is 0 Å². The molecule has 0 unspecified atom stereocenters. The zero-order valence-corrected chi connectivity index (χ0v) is 5.65. The molecule has 0 aliphatic heterocycles. The summed E-state index contributed by atoms with van der Waals surface area (Å²) in [6, 6.07) is 0. The van der Waals surface area contributed by atoms with Crippen molar-refractivity contribution in [2.75, 3.05) is 6.61 Å². The summed E-state index contributed by atoms with van der Waals surface area (Å²) in [6.45, 7) is 1.93. The van der Waals surface area contributed by atoms with Crippen LogP contribution in [-0.4, -0.2) is 46.7 Å². The van der Waals surface area contributed by atoms with Crippen LogP contribution in [0.15, 0.2) is 0 Å². The molecule has 0 rings (SSSR count). The summed E-state index contributed by atoms with van der Waals surface area (Å²) in [5.41, 5.74) is 0. The van der Waals surface area contributed by atoms with E-state index in [2.05, 4.69) is 0 Å². The third-order valence-corrected chi connectivity index (χ3v) is 0. The molecular weight excluding hydrogens is 79.0 g/mol. The van der Waals surface area contributed by atoms with Gasteiger partial charge in [-0.05, 0) is 6.92 Å². The van der Waals surface area contributed by atoms with E-state index in [1.54, 1.807) is 6.92 Å². The zero-order chi connectivity index (χ0) is 2.71. The van der Waals surface area contributed by atoms with Crippen molar-refractivity contribution in [3.8, 4) is 0 Å². The van der Waals surface area contributed by atoms with Crippen LogP contribution in [0.5, 0.6) is 0 Å². The number of hydrogen-bond acceptors (Lipinski definition) is 1. The van der Waals surface area contributed by atoms with E-state index >= 15 is 0 Å². The topological polar surface area (TPSA) is 51.7 Å². The first-order valence-corrected chi connectivity index (χ1v) is 1.02. The first-order valence-electron chi connectivity index (χ1n) is 1.02. The van der Waals surface area contributed by atoms with Crippen LogP contribution in [0.25, 0.3) is 0 Å². The molecule has 0 aliphatic rings. The third-order valence-electron chi connectivity index (χ3n) is 0. The van der Waals surface area contributed by atoms with Gasteiger partial charge in [-0.3, -0.25) is 0 Å². The van der Waals surface area contributed by atoms with E-state index in [0.29, 0.717) is 0 Å². The van der Waals surface area contributed by atoms with Gasteiger partial charge in [0.25, 0.3) is 0 Å². The number of aliphatic hydroxyl groups is 1. The van der Waals surface area contributed by atoms with Gasteiger partial charge in [0.15, 0.2) is 0 Å². The smallest absolute Gasteiger partial charge is 0.0402 e. The quantitative estimate of drug-likeness (QED) is 0.370. The first kappa shape index (κ1) is 16.8. The van der Waals surface area contributed by atoms with Crippen molar-refractivity contribution in [2.45, 2.75) is 6.92 Å². The van der Waals surface area contributed by atoms with Crippen molar-refractivity contribution in [1.29, 1.82) is 0 Å². The van der Waals surface area contributed by atoms with Gasteiger partial charge in [0.1, 0.15) is 0 Å². The van der Waals surface area contributed by atoms with Gasteiger partial charge < -0.3 is 10.6 Å². The fourth-order valence-corrected chi connectivity index (χ4v) is 0. The molecule has 0 spiro atoms. The van der Waals surface area contributed by atoms with E-state index < -0.39 is 0 Å². The SMILES string of the molecule is CCO.O.[Na]. The Morgan fingerprint density at radius 3 is 1.60 bits per heavy atom. The van der Waals surface area contributed by atoms with Crippen molar-refractivity contribution in [2.24, 2.45) is 0 Å². The second-order valence-corrected chi connectivity index (χ2v) is 0.316. The minimum Gasteiger partial charge on any atom is -0.412 e. The second-order valence-electron chi connectivity index (χ2n) is 0.316. The maximum absolute atomic E-state index is 7.57. The normalized spacial score (nSPS) is 3.60. The molecule has 0 fully saturated rings. The van der Waals surface area contributed by atoms with E-state index in [1.807, 2.05) is 0 Å². The maximum Gasteiger partial charge on any atom is 0.0402 e. The predicted octanol–water partition coefficient (Wildman–Crippen LogP) is -1.21. The Morgan fingerprint density at radius 1 is 1.60 bits per heavy atom. The van der Waals surface area contributed by atoms with E-state index in [9.17, 15) is 0 Å². The molecule has 0 saturated carbocycles. The minimum absolute atomic E-state index is 0. The summed E-state index contributed by atoms with van der Waals surface area (Å²) >= 11 is 0. The van der Waals surface area contributed by atoms with Crippen molar-refractivity contribution < 1.29 is 10.6 Å². The average molecular weight is 87.1 g/mol. The fraction of sp³-hybridized carbons (Fsp3) is 1.00. The van der Waals surface area contributed by atoms with E-state index in [0.717, 1.165) is 0 Å². The van der Waals surface area contributed by atoms with Gasteiger partial charge in [-0.15, -0.1) is 0 Å². The molecule has 0 aromatic rings. The van der Waals surface area contributed by atoms with Gasteiger partial charge in [-0.2, -0.15) is 0 Å². The third kappa shape index (κ3) is 49.6. The van der Waals surface area contributed by atoms with Gasteiger partial charge in [0.05, 0.1) is 0 Å². The van der Waals surface area contributed by atoms with Gasteiger partial charge in [0.2, 0.25) is 0 Å². The Hall–Kier alpha value is 0.920. The number of hydrogen-bond donors (Lipinski definition) is 1. The summed E-state index contributed by atoms with van der Waals surface area (Å²) in [4.78, 5) is 0. The van der Waals surface area contributed by atoms with Crippen LogP contribution < -0.4 is 0 Å². The Kier molecular flexibility index (Phi) is 68.9. The molecule has 0 aromatic carbocycles. The Morgan fingerprint density at radius 2 is 1.60 bits per heavy atom. The van der Waals surface area contributed by atoms with E-state index in [1.165, 1.54) is 0 Å². The molecule has 2 nitrogen and oxygen atoms in total. The molecule has 0 bridgehead atoms. The fourth-order valence-electron chi connectivity index (χ4n) is 0. The summed E-state index contributed by atoms with van der Waals surface area (Å²) in [6.07, 6.45) is 0. The first-order chi connectivity index (χ1) is 1.41. The molecular formula is C2H8NaO2. The minimum atomic E-state index is 0. The molecule has 0 atom stereocenters. The number of rotatable bonds is 0. The van der Waals surface area contributed by atoms with Crippen LogP contribution >= 0.6 is 0 Å². The molecule has 3 heteroatoms. The van der Waals surface area contributed by atoms with Gasteiger partial charge in [-0.1, -0.05) is 0 Å². The molecule has 0 saturated heterocycles. The van der Waals surface area contributed by atoms with Crippen LogP contribution in [0.3, 0.4) is 0 Å². The monoisotopic (exact) mass is 87.0 g/mol. The van der Waals surface area contributed by atoms with Gasteiger partial charge in [-0.25, -0.2) is 0 Å². The van der Waals surface area contributed by atoms with Crippen molar-refractivity contribution in [3.63, 3.8) is 0 Å². The molecule has 0 amide bonds. The van der Waals surface area contributed by atoms with Crippen LogP contribution in [0, 0.1) is 0 Å². The van der Waals surface area contributed by atoms with Gasteiger partial charge >= 0.3 is 0 Å². The molecule has 0 heterocycles. The molecule has 5 heavy (non-hydrogen) atoms. The van der Waals surface area contributed by atoms with Crippen LogP contribution in [0.4, 0.5) is 0 Å². The molecule has 1 radical (unpaired) electrons. The van der Waals surface area contributed by atoms with Crippen LogP contribution in [-0.2, 0) is 0 Å². The summed E-state index contributed by atoms with van der Waals surface area (Å²) in [7, 11) is 0. The Balaban J connectivity index is -0.0000000200. The summed E-state index contributed by atoms with van der Waals surface area (Å²) < 4.78 is 0. The van der Waals surface area contributed by atoms with Crippen LogP contribution in [0.2, 0.25) is 0 Å². The van der Waals surface area contributed by atoms with Crippen LogP contribution in [0.1, 0.15) is 6.92 Å².